The Morgan fingerprint density at radius 2 is 1.57 bits per heavy atom. The molecule has 3 aromatic carbocycles. The van der Waals surface area contributed by atoms with Crippen LogP contribution in [0.1, 0.15) is 22.6 Å². The third kappa shape index (κ3) is 6.54. The van der Waals surface area contributed by atoms with Gasteiger partial charge in [-0.05, 0) is 67.1 Å². The first-order valence-corrected chi connectivity index (χ1v) is 13.2. The van der Waals surface area contributed by atoms with Crippen molar-refractivity contribution >= 4 is 56.7 Å². The molecule has 9 heteroatoms. The molecule has 0 radical (unpaired) electrons. The summed E-state index contributed by atoms with van der Waals surface area (Å²) >= 11 is 17.9. The van der Waals surface area contributed by atoms with E-state index in [1.54, 1.807) is 48.7 Å². The highest BCUT2D eigenvalue weighted by molar-refractivity contribution is 7.89. The topological polar surface area (TPSA) is 62.9 Å². The molecule has 0 aliphatic rings. The molecule has 1 aromatic heterocycles. The van der Waals surface area contributed by atoms with E-state index in [4.69, 9.17) is 39.2 Å². The third-order valence-electron chi connectivity index (χ3n) is 5.19. The Kier molecular flexibility index (Phi) is 7.99. The van der Waals surface area contributed by atoms with Gasteiger partial charge in [-0.1, -0.05) is 64.6 Å². The SMILES string of the molecule is Cc1ccc(CN(Cc2ccc(C=Nc3ccc(Cl)c(Cl)c3)o2)S(=O)(=O)c2ccc(Cl)cc2)cc1. The minimum Gasteiger partial charge on any atom is -0.459 e. The Morgan fingerprint density at radius 3 is 2.26 bits per heavy atom. The maximum absolute atomic E-state index is 13.5. The van der Waals surface area contributed by atoms with Gasteiger partial charge in [-0.2, -0.15) is 4.31 Å². The summed E-state index contributed by atoms with van der Waals surface area (Å²) in [4.78, 5) is 4.50. The van der Waals surface area contributed by atoms with E-state index in [2.05, 4.69) is 4.99 Å². The van der Waals surface area contributed by atoms with Crippen molar-refractivity contribution in [1.82, 2.24) is 4.31 Å². The number of aliphatic imine (C=N–C) groups is 1. The van der Waals surface area contributed by atoms with Gasteiger partial charge in [-0.15, -0.1) is 0 Å². The average Bonchev–Trinajstić information content (AvgIpc) is 3.28. The standard InChI is InChI=1S/C26H21Cl3N2O3S/c1-18-2-4-19(5-3-18)16-31(35(32,33)24-11-6-20(27)7-12-24)17-23-10-9-22(34-23)15-30-21-8-13-25(28)26(29)14-21/h2-15H,16-17H2,1H3. The van der Waals surface area contributed by atoms with E-state index in [0.717, 1.165) is 11.1 Å². The molecule has 0 saturated heterocycles. The number of hydrogen-bond acceptors (Lipinski definition) is 4. The first-order valence-electron chi connectivity index (χ1n) is 10.6. The van der Waals surface area contributed by atoms with E-state index in [9.17, 15) is 8.42 Å². The number of halogens is 3. The summed E-state index contributed by atoms with van der Waals surface area (Å²) in [6.45, 7) is 2.20. The number of nitrogens with zero attached hydrogens (tertiary/aromatic N) is 2. The van der Waals surface area contributed by atoms with Crippen LogP contribution in [0, 0.1) is 6.92 Å². The zero-order valence-corrected chi connectivity index (χ0v) is 21.7. The van der Waals surface area contributed by atoms with E-state index in [-0.39, 0.29) is 18.0 Å². The quantitative estimate of drug-likeness (QED) is 0.212. The molecule has 180 valence electrons. The second-order valence-electron chi connectivity index (χ2n) is 7.87. The van der Waals surface area contributed by atoms with Crippen LogP contribution < -0.4 is 0 Å². The lowest BCUT2D eigenvalue weighted by atomic mass is 10.1. The maximum Gasteiger partial charge on any atom is 0.243 e. The number of sulfonamides is 1. The van der Waals surface area contributed by atoms with E-state index >= 15 is 0 Å². The number of furan rings is 1. The van der Waals surface area contributed by atoms with E-state index in [1.807, 2.05) is 31.2 Å². The predicted octanol–water partition coefficient (Wildman–Crippen LogP) is 7.69. The molecule has 0 aliphatic carbocycles. The van der Waals surface area contributed by atoms with Crippen LogP contribution in [-0.4, -0.2) is 18.9 Å². The number of hydrogen-bond donors (Lipinski definition) is 0. The lowest BCUT2D eigenvalue weighted by Gasteiger charge is -2.21. The van der Waals surface area contributed by atoms with Crippen LogP contribution >= 0.6 is 34.8 Å². The molecule has 0 bridgehead atoms. The lowest BCUT2D eigenvalue weighted by Crippen LogP contribution is -2.30. The van der Waals surface area contributed by atoms with Crippen molar-refractivity contribution in [2.75, 3.05) is 0 Å². The van der Waals surface area contributed by atoms with Gasteiger partial charge in [-0.25, -0.2) is 8.42 Å². The van der Waals surface area contributed by atoms with Gasteiger partial charge in [-0.3, -0.25) is 4.99 Å². The molecule has 0 saturated carbocycles. The Morgan fingerprint density at radius 1 is 0.857 bits per heavy atom. The maximum atomic E-state index is 13.5. The highest BCUT2D eigenvalue weighted by Gasteiger charge is 2.26. The predicted molar refractivity (Wildman–Crippen MR) is 141 cm³/mol. The first kappa shape index (κ1) is 25.5. The fraction of sp³-hybridized carbons (Fsp3) is 0.115. The molecule has 0 unspecified atom stereocenters. The highest BCUT2D eigenvalue weighted by atomic mass is 35.5. The van der Waals surface area contributed by atoms with E-state index < -0.39 is 10.0 Å². The third-order valence-corrected chi connectivity index (χ3v) is 7.99. The van der Waals surface area contributed by atoms with Crippen molar-refractivity contribution in [2.24, 2.45) is 4.99 Å². The van der Waals surface area contributed by atoms with Gasteiger partial charge in [0.1, 0.15) is 11.5 Å². The molecule has 0 spiro atoms. The molecular weight excluding hydrogens is 527 g/mol. The van der Waals surface area contributed by atoms with E-state index in [1.165, 1.54) is 16.4 Å². The van der Waals surface area contributed by atoms with Crippen molar-refractivity contribution in [3.63, 3.8) is 0 Å². The van der Waals surface area contributed by atoms with Crippen molar-refractivity contribution in [3.05, 3.63) is 117 Å². The zero-order chi connectivity index (χ0) is 25.0. The monoisotopic (exact) mass is 546 g/mol. The smallest absolute Gasteiger partial charge is 0.243 e. The molecule has 4 aromatic rings. The van der Waals surface area contributed by atoms with Crippen LogP contribution in [0.3, 0.4) is 0 Å². The minimum atomic E-state index is -3.83. The fourth-order valence-corrected chi connectivity index (χ4v) is 5.12. The summed E-state index contributed by atoms with van der Waals surface area (Å²) in [7, 11) is -3.83. The molecule has 1 heterocycles. The van der Waals surface area contributed by atoms with Crippen LogP contribution in [0.2, 0.25) is 15.1 Å². The summed E-state index contributed by atoms with van der Waals surface area (Å²) in [6.07, 6.45) is 1.54. The molecule has 5 nitrogen and oxygen atoms in total. The van der Waals surface area contributed by atoms with Crippen molar-refractivity contribution in [1.29, 1.82) is 0 Å². The zero-order valence-electron chi connectivity index (χ0n) is 18.7. The van der Waals surface area contributed by atoms with Crippen LogP contribution in [0.15, 0.2) is 93.2 Å². The summed E-state index contributed by atoms with van der Waals surface area (Å²) in [5, 5.41) is 1.31. The van der Waals surface area contributed by atoms with Crippen LogP contribution in [0.25, 0.3) is 0 Å². The first-order chi connectivity index (χ1) is 16.7. The summed E-state index contributed by atoms with van der Waals surface area (Å²) in [5.74, 6) is 0.954. The highest BCUT2D eigenvalue weighted by Crippen LogP contribution is 2.27. The molecule has 0 fully saturated rings. The van der Waals surface area contributed by atoms with Crippen molar-refractivity contribution in [3.8, 4) is 0 Å². The molecule has 4 rings (SSSR count). The second kappa shape index (κ2) is 11.0. The Labute approximate surface area is 219 Å². The second-order valence-corrected chi connectivity index (χ2v) is 11.1. The largest absolute Gasteiger partial charge is 0.459 e. The minimum absolute atomic E-state index is 0.0411. The van der Waals surface area contributed by atoms with Gasteiger partial charge in [0.2, 0.25) is 10.0 Å². The van der Waals surface area contributed by atoms with Crippen molar-refractivity contribution < 1.29 is 12.8 Å². The Hall–Kier alpha value is -2.61. The van der Waals surface area contributed by atoms with E-state index in [0.29, 0.717) is 32.3 Å². The normalized spacial score (nSPS) is 12.0. The lowest BCUT2D eigenvalue weighted by molar-refractivity contribution is 0.357. The van der Waals surface area contributed by atoms with Crippen LogP contribution in [0.4, 0.5) is 5.69 Å². The van der Waals surface area contributed by atoms with Gasteiger partial charge in [0.25, 0.3) is 0 Å². The summed E-state index contributed by atoms with van der Waals surface area (Å²) < 4.78 is 34.2. The van der Waals surface area contributed by atoms with Crippen LogP contribution in [-0.2, 0) is 23.1 Å². The molecule has 35 heavy (non-hydrogen) atoms. The van der Waals surface area contributed by atoms with Gasteiger partial charge in [0.15, 0.2) is 0 Å². The molecule has 0 amide bonds. The molecular formula is C26H21Cl3N2O3S. The van der Waals surface area contributed by atoms with Crippen LogP contribution in [0.5, 0.6) is 0 Å². The number of aryl methyl sites for hydroxylation is 1. The van der Waals surface area contributed by atoms with Gasteiger partial charge in [0, 0.05) is 11.6 Å². The Bertz CT molecular complexity index is 1450. The van der Waals surface area contributed by atoms with Gasteiger partial charge < -0.3 is 4.42 Å². The fourth-order valence-electron chi connectivity index (χ4n) is 3.30. The number of rotatable bonds is 8. The van der Waals surface area contributed by atoms with Gasteiger partial charge in [0.05, 0.1) is 33.4 Å². The summed E-state index contributed by atoms with van der Waals surface area (Å²) in [5.41, 5.74) is 2.57. The average molecular weight is 548 g/mol. The molecule has 0 N–H and O–H groups in total. The molecule has 0 atom stereocenters. The summed E-state index contributed by atoms with van der Waals surface area (Å²) in [6, 6.07) is 22.3. The number of benzene rings is 3. The van der Waals surface area contributed by atoms with Gasteiger partial charge >= 0.3 is 0 Å². The molecule has 0 aliphatic heterocycles. The van der Waals surface area contributed by atoms with Crippen molar-refractivity contribution in [2.45, 2.75) is 24.9 Å². The Balaban J connectivity index is 1.58.